The van der Waals surface area contributed by atoms with E-state index in [4.69, 9.17) is 27.9 Å². The number of nitrogens with zero attached hydrogens (tertiary/aromatic N) is 4. The van der Waals surface area contributed by atoms with Gasteiger partial charge in [0.1, 0.15) is 40.5 Å². The summed E-state index contributed by atoms with van der Waals surface area (Å²) in [6, 6.07) is 4.19. The Morgan fingerprint density at radius 2 is 2.03 bits per heavy atom. The molecule has 5 atom stereocenters. The Kier molecular flexibility index (Phi) is 6.42. The molecule has 8 nitrogen and oxygen atoms in total. The van der Waals surface area contributed by atoms with Crippen LogP contribution in [0.25, 0.3) is 10.7 Å². The average molecular weight is 475 g/mol. The summed E-state index contributed by atoms with van der Waals surface area (Å²) in [7, 11) is 0. The highest BCUT2D eigenvalue weighted by Gasteiger charge is 2.46. The molecular weight excluding hydrogens is 459 g/mol. The minimum Gasteiger partial charge on any atom is -0.394 e. The average Bonchev–Trinajstić information content (AvgIpc) is 3.39. The van der Waals surface area contributed by atoms with Crippen molar-refractivity contribution in [1.29, 1.82) is 0 Å². The minimum atomic E-state index is -1.19. The molecule has 154 valence electrons. The fraction of sp³-hybridized carbons (Fsp3) is 0.353. The number of hydrogen-bond acceptors (Lipinski definition) is 9. The van der Waals surface area contributed by atoms with Crippen LogP contribution in [-0.2, 0) is 4.74 Å². The first kappa shape index (κ1) is 21.0. The molecule has 0 spiro atoms. The van der Waals surface area contributed by atoms with E-state index in [0.29, 0.717) is 20.7 Å². The van der Waals surface area contributed by atoms with Crippen molar-refractivity contribution in [3.05, 3.63) is 46.0 Å². The number of aromatic nitrogens is 4. The second-order valence-electron chi connectivity index (χ2n) is 6.31. The number of thioether (sulfide) groups is 1. The fourth-order valence-corrected chi connectivity index (χ4v) is 5.08. The molecule has 0 amide bonds. The maximum Gasteiger partial charge on any atom is 0.145 e. The molecule has 1 aliphatic rings. The van der Waals surface area contributed by atoms with E-state index >= 15 is 0 Å². The third-order valence-corrected chi connectivity index (χ3v) is 7.14. The Balaban J connectivity index is 1.61. The van der Waals surface area contributed by atoms with Crippen LogP contribution < -0.4 is 0 Å². The Morgan fingerprint density at radius 1 is 1.21 bits per heavy atom. The van der Waals surface area contributed by atoms with Gasteiger partial charge in [-0.05, 0) is 18.2 Å². The van der Waals surface area contributed by atoms with Gasteiger partial charge in [-0.15, -0.1) is 16.4 Å². The second-order valence-corrected chi connectivity index (χ2v) is 9.19. The van der Waals surface area contributed by atoms with Gasteiger partial charge in [-0.25, -0.2) is 9.67 Å². The van der Waals surface area contributed by atoms with Crippen LogP contribution in [0, 0.1) is 0 Å². The van der Waals surface area contributed by atoms with Crippen molar-refractivity contribution in [2.24, 2.45) is 0 Å². The van der Waals surface area contributed by atoms with Crippen LogP contribution in [0.3, 0.4) is 0 Å². The number of hydrogen-bond donors (Lipinski definition) is 3. The molecule has 2 aromatic heterocycles. The standard InChI is InChI=1S/C17H16Cl2N4O4S2/c18-9-2-1-8(5-10(9)19)29-17-15(26)13(14(25)12(7-24)27-17)23-6-11(21-22-23)16-20-3-4-28-16/h1-6,12-15,17,24-26H,7H2. The second kappa shape index (κ2) is 8.86. The van der Waals surface area contributed by atoms with E-state index in [1.54, 1.807) is 30.6 Å². The van der Waals surface area contributed by atoms with E-state index in [2.05, 4.69) is 15.3 Å². The number of aliphatic hydroxyl groups excluding tert-OH is 3. The molecule has 1 aliphatic heterocycles. The summed E-state index contributed by atoms with van der Waals surface area (Å²) in [6.45, 7) is -0.420. The first-order valence-corrected chi connectivity index (χ1v) is 11.1. The van der Waals surface area contributed by atoms with Gasteiger partial charge in [-0.3, -0.25) is 0 Å². The summed E-state index contributed by atoms with van der Waals surface area (Å²) in [5.74, 6) is 0. The Bertz CT molecular complexity index is 974. The Morgan fingerprint density at radius 3 is 2.72 bits per heavy atom. The lowest BCUT2D eigenvalue weighted by molar-refractivity contribution is -0.178. The summed E-state index contributed by atoms with van der Waals surface area (Å²) in [4.78, 5) is 4.91. The van der Waals surface area contributed by atoms with Gasteiger partial charge in [0.2, 0.25) is 0 Å². The highest BCUT2D eigenvalue weighted by molar-refractivity contribution is 7.99. The molecule has 1 fully saturated rings. The van der Waals surface area contributed by atoms with Crippen LogP contribution in [0.15, 0.2) is 40.9 Å². The molecule has 3 N–H and O–H groups in total. The molecule has 0 aliphatic carbocycles. The summed E-state index contributed by atoms with van der Waals surface area (Å²) in [6.07, 6.45) is 0.0280. The first-order valence-electron chi connectivity index (χ1n) is 8.54. The number of benzene rings is 1. The maximum absolute atomic E-state index is 10.9. The molecule has 5 unspecified atom stereocenters. The minimum absolute atomic E-state index is 0.377. The van der Waals surface area contributed by atoms with E-state index < -0.39 is 36.4 Å². The maximum atomic E-state index is 10.9. The lowest BCUT2D eigenvalue weighted by Gasteiger charge is -2.41. The van der Waals surface area contributed by atoms with Crippen molar-refractivity contribution in [2.45, 2.75) is 34.7 Å². The lowest BCUT2D eigenvalue weighted by atomic mass is 9.97. The number of halogens is 2. The summed E-state index contributed by atoms with van der Waals surface area (Å²) in [5, 5.41) is 42.7. The smallest absolute Gasteiger partial charge is 0.145 e. The molecule has 0 bridgehead atoms. The van der Waals surface area contributed by atoms with Crippen molar-refractivity contribution in [3.63, 3.8) is 0 Å². The van der Waals surface area contributed by atoms with Gasteiger partial charge in [0.15, 0.2) is 0 Å². The van der Waals surface area contributed by atoms with Crippen LogP contribution >= 0.6 is 46.3 Å². The van der Waals surface area contributed by atoms with Gasteiger partial charge >= 0.3 is 0 Å². The normalized spacial score (nSPS) is 27.3. The fourth-order valence-electron chi connectivity index (χ4n) is 3.03. The summed E-state index contributed by atoms with van der Waals surface area (Å²) in [5.41, 5.74) is -0.259. The molecule has 29 heavy (non-hydrogen) atoms. The van der Waals surface area contributed by atoms with Crippen molar-refractivity contribution < 1.29 is 20.1 Å². The van der Waals surface area contributed by atoms with Gasteiger partial charge in [0, 0.05) is 16.5 Å². The quantitative estimate of drug-likeness (QED) is 0.516. The number of thiazole rings is 1. The summed E-state index contributed by atoms with van der Waals surface area (Å²) < 4.78 is 7.12. The topological polar surface area (TPSA) is 114 Å². The SMILES string of the molecule is OCC1OC(Sc2ccc(Cl)c(Cl)c2)C(O)C(n2cc(-c3nccs3)nn2)C1O. The molecule has 1 saturated heterocycles. The number of ether oxygens (including phenoxy) is 1. The van der Waals surface area contributed by atoms with E-state index in [-0.39, 0.29) is 0 Å². The van der Waals surface area contributed by atoms with Gasteiger partial charge in [-0.1, -0.05) is 40.2 Å². The Labute approximate surface area is 184 Å². The zero-order valence-corrected chi connectivity index (χ0v) is 17.8. The van der Waals surface area contributed by atoms with Crippen LogP contribution in [0.4, 0.5) is 0 Å². The molecule has 0 saturated carbocycles. The first-order chi connectivity index (χ1) is 14.0. The zero-order chi connectivity index (χ0) is 20.5. The van der Waals surface area contributed by atoms with Gasteiger partial charge in [0.05, 0.1) is 22.8 Å². The van der Waals surface area contributed by atoms with Crippen LogP contribution in [0.1, 0.15) is 6.04 Å². The number of rotatable bonds is 5. The van der Waals surface area contributed by atoms with Crippen LogP contribution in [-0.4, -0.2) is 65.7 Å². The van der Waals surface area contributed by atoms with E-state index in [0.717, 1.165) is 4.90 Å². The van der Waals surface area contributed by atoms with Crippen LogP contribution in [0.2, 0.25) is 10.0 Å². The van der Waals surface area contributed by atoms with Gasteiger partial charge < -0.3 is 20.1 Å². The highest BCUT2D eigenvalue weighted by atomic mass is 35.5. The van der Waals surface area contributed by atoms with Crippen LogP contribution in [0.5, 0.6) is 0 Å². The molecule has 12 heteroatoms. The summed E-state index contributed by atoms with van der Waals surface area (Å²) >= 11 is 14.6. The van der Waals surface area contributed by atoms with Gasteiger partial charge in [0.25, 0.3) is 0 Å². The van der Waals surface area contributed by atoms with Crippen molar-refractivity contribution in [3.8, 4) is 10.7 Å². The predicted molar refractivity (Wildman–Crippen MR) is 110 cm³/mol. The largest absolute Gasteiger partial charge is 0.394 e. The number of aliphatic hydroxyl groups is 3. The van der Waals surface area contributed by atoms with Gasteiger partial charge in [-0.2, -0.15) is 0 Å². The Hall–Kier alpha value is -1.24. The lowest BCUT2D eigenvalue weighted by Crippen LogP contribution is -2.55. The van der Waals surface area contributed by atoms with E-state index in [9.17, 15) is 15.3 Å². The third-order valence-electron chi connectivity index (χ3n) is 4.46. The molecule has 0 radical (unpaired) electrons. The van der Waals surface area contributed by atoms with E-state index in [1.165, 1.54) is 27.8 Å². The van der Waals surface area contributed by atoms with Crippen molar-refractivity contribution in [1.82, 2.24) is 20.0 Å². The van der Waals surface area contributed by atoms with Crippen molar-refractivity contribution >= 4 is 46.3 Å². The predicted octanol–water partition coefficient (Wildman–Crippen LogP) is 2.48. The molecular formula is C17H16Cl2N4O4S2. The molecule has 4 rings (SSSR count). The molecule has 3 heterocycles. The van der Waals surface area contributed by atoms with Crippen molar-refractivity contribution in [2.75, 3.05) is 6.61 Å². The monoisotopic (exact) mass is 474 g/mol. The molecule has 3 aromatic rings. The third kappa shape index (κ3) is 4.30. The zero-order valence-electron chi connectivity index (χ0n) is 14.7. The molecule has 1 aromatic carbocycles. The highest BCUT2D eigenvalue weighted by Crippen LogP contribution is 2.39. The van der Waals surface area contributed by atoms with E-state index in [1.807, 2.05) is 5.38 Å².